The quantitative estimate of drug-likeness (QED) is 0.339. The Morgan fingerprint density at radius 1 is 1.03 bits per heavy atom. The Kier molecular flexibility index (Phi) is 4.70. The van der Waals surface area contributed by atoms with Gasteiger partial charge in [-0.1, -0.05) is 25.1 Å². The normalized spacial score (nSPS) is 11.5. The number of aromatic amines is 3. The minimum atomic E-state index is -0.265. The Bertz CT molecular complexity index is 1510. The van der Waals surface area contributed by atoms with Gasteiger partial charge in [0.25, 0.3) is 5.56 Å². The topological polar surface area (TPSA) is 119 Å². The Morgan fingerprint density at radius 2 is 1.84 bits per heavy atom. The van der Waals surface area contributed by atoms with Crippen LogP contribution in [0.4, 0.5) is 11.4 Å². The summed E-state index contributed by atoms with van der Waals surface area (Å²) < 4.78 is 0. The third-order valence-corrected chi connectivity index (χ3v) is 5.86. The SMILES string of the molecule is CCc1nc(CN(C)c2ccc3nc(-c4c(N)c5ccccc5[nH]c4=O)[nH]c3c2)c(C)[nH]1. The number of nitrogen functional groups attached to an aromatic ring is 1. The lowest BCUT2D eigenvalue weighted by atomic mass is 10.1. The van der Waals surface area contributed by atoms with Crippen molar-refractivity contribution in [3.63, 3.8) is 0 Å². The van der Waals surface area contributed by atoms with Crippen LogP contribution in [0.2, 0.25) is 0 Å². The molecule has 0 unspecified atom stereocenters. The van der Waals surface area contributed by atoms with E-state index in [4.69, 9.17) is 5.73 Å². The van der Waals surface area contributed by atoms with Gasteiger partial charge in [-0.2, -0.15) is 0 Å². The number of nitrogens with one attached hydrogen (secondary N) is 3. The molecular formula is C24H25N7O. The second-order valence-electron chi connectivity index (χ2n) is 8.04. The second kappa shape index (κ2) is 7.56. The number of H-pyrrole nitrogens is 3. The van der Waals surface area contributed by atoms with Crippen LogP contribution in [0.5, 0.6) is 0 Å². The number of hydrogen-bond acceptors (Lipinski definition) is 5. The molecule has 0 aliphatic heterocycles. The minimum Gasteiger partial charge on any atom is -0.397 e. The number of anilines is 2. The summed E-state index contributed by atoms with van der Waals surface area (Å²) in [6.45, 7) is 4.82. The van der Waals surface area contributed by atoms with Crippen molar-refractivity contribution in [2.45, 2.75) is 26.8 Å². The molecule has 2 aromatic carbocycles. The van der Waals surface area contributed by atoms with E-state index in [9.17, 15) is 4.79 Å². The van der Waals surface area contributed by atoms with Crippen LogP contribution in [0.15, 0.2) is 47.3 Å². The van der Waals surface area contributed by atoms with Crippen molar-refractivity contribution in [3.05, 3.63) is 70.0 Å². The molecule has 5 rings (SSSR count). The molecule has 3 aromatic heterocycles. The van der Waals surface area contributed by atoms with Crippen LogP contribution < -0.4 is 16.2 Å². The van der Waals surface area contributed by atoms with Crippen LogP contribution in [0.1, 0.15) is 24.1 Å². The zero-order chi connectivity index (χ0) is 22.4. The number of fused-ring (bicyclic) bond motifs is 2. The number of aromatic nitrogens is 5. The first-order valence-electron chi connectivity index (χ1n) is 10.6. The Labute approximate surface area is 184 Å². The molecule has 0 aliphatic rings. The molecule has 32 heavy (non-hydrogen) atoms. The zero-order valence-electron chi connectivity index (χ0n) is 18.3. The van der Waals surface area contributed by atoms with Crippen LogP contribution in [0.25, 0.3) is 33.3 Å². The van der Waals surface area contributed by atoms with E-state index in [1.54, 1.807) is 0 Å². The molecular weight excluding hydrogens is 402 g/mol. The number of aryl methyl sites for hydroxylation is 2. The van der Waals surface area contributed by atoms with E-state index in [0.717, 1.165) is 45.7 Å². The van der Waals surface area contributed by atoms with Crippen molar-refractivity contribution in [1.82, 2.24) is 24.9 Å². The van der Waals surface area contributed by atoms with E-state index < -0.39 is 0 Å². The number of para-hydroxylation sites is 1. The van der Waals surface area contributed by atoms with Gasteiger partial charge < -0.3 is 25.6 Å². The number of nitrogens with zero attached hydrogens (tertiary/aromatic N) is 3. The van der Waals surface area contributed by atoms with E-state index in [2.05, 4.69) is 36.7 Å². The molecule has 0 amide bonds. The third kappa shape index (κ3) is 3.30. The molecule has 0 fully saturated rings. The molecule has 0 radical (unpaired) electrons. The van der Waals surface area contributed by atoms with Gasteiger partial charge in [-0.25, -0.2) is 9.97 Å². The molecule has 0 saturated heterocycles. The van der Waals surface area contributed by atoms with E-state index in [1.807, 2.05) is 56.4 Å². The van der Waals surface area contributed by atoms with E-state index >= 15 is 0 Å². The maximum atomic E-state index is 12.8. The minimum absolute atomic E-state index is 0.265. The van der Waals surface area contributed by atoms with Crippen molar-refractivity contribution in [1.29, 1.82) is 0 Å². The highest BCUT2D eigenvalue weighted by Gasteiger charge is 2.17. The summed E-state index contributed by atoms with van der Waals surface area (Å²) in [5.41, 5.74) is 12.3. The third-order valence-electron chi connectivity index (χ3n) is 5.86. The van der Waals surface area contributed by atoms with Gasteiger partial charge in [0.1, 0.15) is 17.2 Å². The predicted octanol–water partition coefficient (Wildman–Crippen LogP) is 3.88. The van der Waals surface area contributed by atoms with Crippen LogP contribution in [-0.2, 0) is 13.0 Å². The number of imidazole rings is 2. The lowest BCUT2D eigenvalue weighted by molar-refractivity contribution is 0.876. The Hall–Kier alpha value is -4.07. The smallest absolute Gasteiger partial charge is 0.261 e. The molecule has 3 heterocycles. The van der Waals surface area contributed by atoms with Gasteiger partial charge in [0.2, 0.25) is 0 Å². The average Bonchev–Trinajstić information content (AvgIpc) is 3.36. The van der Waals surface area contributed by atoms with Gasteiger partial charge in [0, 0.05) is 30.2 Å². The van der Waals surface area contributed by atoms with E-state index in [-0.39, 0.29) is 5.56 Å². The van der Waals surface area contributed by atoms with Gasteiger partial charge in [-0.3, -0.25) is 4.79 Å². The molecule has 0 spiro atoms. The lowest BCUT2D eigenvalue weighted by Crippen LogP contribution is -2.17. The van der Waals surface area contributed by atoms with Gasteiger partial charge >= 0.3 is 0 Å². The summed E-state index contributed by atoms with van der Waals surface area (Å²) >= 11 is 0. The summed E-state index contributed by atoms with van der Waals surface area (Å²) in [7, 11) is 2.03. The molecule has 162 valence electrons. The fourth-order valence-electron chi connectivity index (χ4n) is 4.06. The standard InChI is InChI=1S/C24H25N7O/c1-4-20-26-13(2)19(27-20)12-31(3)14-9-10-17-18(11-14)29-23(28-17)21-22(25)15-7-5-6-8-16(15)30-24(21)32/h5-11H,4,12H2,1-3H3,(H,26,27)(H,28,29)(H3,25,30,32). The first-order chi connectivity index (χ1) is 15.4. The van der Waals surface area contributed by atoms with Crippen molar-refractivity contribution in [3.8, 4) is 11.4 Å². The van der Waals surface area contributed by atoms with Gasteiger partial charge in [-0.15, -0.1) is 0 Å². The fraction of sp³-hybridized carbons (Fsp3) is 0.208. The average molecular weight is 428 g/mol. The van der Waals surface area contributed by atoms with Crippen LogP contribution in [0.3, 0.4) is 0 Å². The summed E-state index contributed by atoms with van der Waals surface area (Å²) in [5, 5.41) is 0.795. The first kappa shape index (κ1) is 19.9. The molecule has 0 aliphatic carbocycles. The molecule has 0 atom stereocenters. The van der Waals surface area contributed by atoms with Crippen molar-refractivity contribution >= 4 is 33.3 Å². The molecule has 0 saturated carbocycles. The first-order valence-corrected chi connectivity index (χ1v) is 10.6. The highest BCUT2D eigenvalue weighted by molar-refractivity contribution is 5.97. The summed E-state index contributed by atoms with van der Waals surface area (Å²) in [4.78, 5) is 33.7. The predicted molar refractivity (Wildman–Crippen MR) is 129 cm³/mol. The molecule has 0 bridgehead atoms. The number of benzene rings is 2. The van der Waals surface area contributed by atoms with Crippen LogP contribution in [0, 0.1) is 6.92 Å². The lowest BCUT2D eigenvalue weighted by Gasteiger charge is -2.18. The number of rotatable bonds is 5. The molecule has 8 heteroatoms. The number of hydrogen-bond donors (Lipinski definition) is 4. The second-order valence-corrected chi connectivity index (χ2v) is 8.04. The largest absolute Gasteiger partial charge is 0.397 e. The van der Waals surface area contributed by atoms with Crippen molar-refractivity contribution < 1.29 is 0 Å². The maximum Gasteiger partial charge on any atom is 0.261 e. The van der Waals surface area contributed by atoms with Crippen molar-refractivity contribution in [2.24, 2.45) is 0 Å². The van der Waals surface area contributed by atoms with Gasteiger partial charge in [0.05, 0.1) is 34.5 Å². The highest BCUT2D eigenvalue weighted by atomic mass is 16.1. The molecule has 8 nitrogen and oxygen atoms in total. The van der Waals surface area contributed by atoms with Crippen LogP contribution >= 0.6 is 0 Å². The summed E-state index contributed by atoms with van der Waals surface area (Å²) in [6.07, 6.45) is 0.879. The van der Waals surface area contributed by atoms with Crippen LogP contribution in [-0.4, -0.2) is 32.0 Å². The summed E-state index contributed by atoms with van der Waals surface area (Å²) in [6, 6.07) is 13.5. The van der Waals surface area contributed by atoms with E-state index in [1.165, 1.54) is 0 Å². The van der Waals surface area contributed by atoms with Crippen molar-refractivity contribution in [2.75, 3.05) is 17.7 Å². The summed E-state index contributed by atoms with van der Waals surface area (Å²) in [5.74, 6) is 1.46. The molecule has 5 aromatic rings. The number of nitrogens with two attached hydrogens (primary N) is 1. The monoisotopic (exact) mass is 427 g/mol. The Morgan fingerprint density at radius 3 is 2.62 bits per heavy atom. The zero-order valence-corrected chi connectivity index (χ0v) is 18.3. The molecule has 5 N–H and O–H groups in total. The number of pyridine rings is 1. The fourth-order valence-corrected chi connectivity index (χ4v) is 4.06. The Balaban J connectivity index is 1.51. The van der Waals surface area contributed by atoms with Gasteiger partial charge in [0.15, 0.2) is 0 Å². The maximum absolute atomic E-state index is 12.8. The van der Waals surface area contributed by atoms with Gasteiger partial charge in [-0.05, 0) is 31.2 Å². The highest BCUT2D eigenvalue weighted by Crippen LogP contribution is 2.29. The van der Waals surface area contributed by atoms with E-state index in [0.29, 0.717) is 29.1 Å².